The van der Waals surface area contributed by atoms with Crippen molar-refractivity contribution in [3.63, 3.8) is 0 Å². The molecule has 0 unspecified atom stereocenters. The molecule has 1 rings (SSSR count). The molecular formula is C12H20N4O. The molecule has 5 nitrogen and oxygen atoms in total. The molecule has 0 fully saturated rings. The molecule has 5 heteroatoms. The standard InChI is InChI=1S/C12H20N4O/c1-3-14-6-4-7-15-10-5-8-16-11(9-10)12(17)13-2/h5,8-9,14H,3-4,6-7H2,1-2H3,(H,13,17)(H,15,16). The molecule has 0 atom stereocenters. The van der Waals surface area contributed by atoms with E-state index in [2.05, 4.69) is 27.9 Å². The summed E-state index contributed by atoms with van der Waals surface area (Å²) in [6, 6.07) is 3.62. The van der Waals surface area contributed by atoms with Crippen LogP contribution in [0.3, 0.4) is 0 Å². The predicted octanol–water partition coefficient (Wildman–Crippen LogP) is 0.853. The molecule has 1 aromatic heterocycles. The van der Waals surface area contributed by atoms with Crippen molar-refractivity contribution in [1.29, 1.82) is 0 Å². The Morgan fingerprint density at radius 3 is 2.94 bits per heavy atom. The molecule has 0 spiro atoms. The maximum Gasteiger partial charge on any atom is 0.269 e. The number of carbonyl (C=O) groups excluding carboxylic acids is 1. The Morgan fingerprint density at radius 2 is 2.24 bits per heavy atom. The van der Waals surface area contributed by atoms with Crippen LogP contribution in [-0.2, 0) is 0 Å². The lowest BCUT2D eigenvalue weighted by atomic mass is 10.3. The molecule has 0 saturated heterocycles. The Morgan fingerprint density at radius 1 is 1.41 bits per heavy atom. The normalized spacial score (nSPS) is 10.0. The summed E-state index contributed by atoms with van der Waals surface area (Å²) in [6.45, 7) is 4.96. The minimum atomic E-state index is -0.165. The molecular weight excluding hydrogens is 216 g/mol. The molecule has 17 heavy (non-hydrogen) atoms. The summed E-state index contributed by atoms with van der Waals surface area (Å²) in [7, 11) is 1.60. The zero-order valence-electron chi connectivity index (χ0n) is 10.4. The summed E-state index contributed by atoms with van der Waals surface area (Å²) in [5.74, 6) is -0.165. The monoisotopic (exact) mass is 236 g/mol. The fourth-order valence-electron chi connectivity index (χ4n) is 1.42. The first-order valence-electron chi connectivity index (χ1n) is 5.90. The number of anilines is 1. The maximum atomic E-state index is 11.4. The number of nitrogens with zero attached hydrogens (tertiary/aromatic N) is 1. The second-order valence-electron chi connectivity index (χ2n) is 3.64. The molecule has 0 aliphatic heterocycles. The van der Waals surface area contributed by atoms with E-state index in [1.165, 1.54) is 0 Å². The van der Waals surface area contributed by atoms with Crippen molar-refractivity contribution >= 4 is 11.6 Å². The Balaban J connectivity index is 2.40. The topological polar surface area (TPSA) is 66.0 Å². The van der Waals surface area contributed by atoms with Gasteiger partial charge in [0.2, 0.25) is 0 Å². The molecule has 0 aliphatic carbocycles. The maximum absolute atomic E-state index is 11.4. The van der Waals surface area contributed by atoms with Gasteiger partial charge in [-0.3, -0.25) is 9.78 Å². The fourth-order valence-corrected chi connectivity index (χ4v) is 1.42. The van der Waals surface area contributed by atoms with E-state index in [1.807, 2.05) is 6.07 Å². The highest BCUT2D eigenvalue weighted by Crippen LogP contribution is 2.07. The molecule has 1 aromatic rings. The quantitative estimate of drug-likeness (QED) is 0.614. The van der Waals surface area contributed by atoms with Gasteiger partial charge in [0, 0.05) is 25.5 Å². The van der Waals surface area contributed by atoms with Crippen LogP contribution >= 0.6 is 0 Å². The van der Waals surface area contributed by atoms with Gasteiger partial charge in [-0.25, -0.2) is 0 Å². The highest BCUT2D eigenvalue weighted by molar-refractivity contribution is 5.92. The van der Waals surface area contributed by atoms with Gasteiger partial charge in [0.15, 0.2) is 0 Å². The third-order valence-electron chi connectivity index (χ3n) is 2.33. The van der Waals surface area contributed by atoms with Gasteiger partial charge in [0.05, 0.1) is 0 Å². The van der Waals surface area contributed by atoms with Crippen molar-refractivity contribution in [2.24, 2.45) is 0 Å². The molecule has 1 heterocycles. The molecule has 0 aliphatic rings. The average Bonchev–Trinajstić information content (AvgIpc) is 2.38. The zero-order valence-corrected chi connectivity index (χ0v) is 10.4. The first kappa shape index (κ1) is 13.4. The SMILES string of the molecule is CCNCCCNc1ccnc(C(=O)NC)c1. The predicted molar refractivity (Wildman–Crippen MR) is 69.3 cm³/mol. The Bertz CT molecular complexity index is 354. The largest absolute Gasteiger partial charge is 0.385 e. The molecule has 94 valence electrons. The second kappa shape index (κ2) is 7.62. The van der Waals surface area contributed by atoms with Gasteiger partial charge in [-0.15, -0.1) is 0 Å². The molecule has 3 N–H and O–H groups in total. The van der Waals surface area contributed by atoms with E-state index in [-0.39, 0.29) is 5.91 Å². The summed E-state index contributed by atoms with van der Waals surface area (Å²) in [5, 5.41) is 9.07. The van der Waals surface area contributed by atoms with Crippen LogP contribution in [0.4, 0.5) is 5.69 Å². The van der Waals surface area contributed by atoms with Crippen LogP contribution in [-0.4, -0.2) is 37.6 Å². The van der Waals surface area contributed by atoms with Gasteiger partial charge >= 0.3 is 0 Å². The van der Waals surface area contributed by atoms with Gasteiger partial charge in [-0.1, -0.05) is 6.92 Å². The van der Waals surface area contributed by atoms with Gasteiger partial charge in [-0.05, 0) is 31.6 Å². The van der Waals surface area contributed by atoms with Gasteiger partial charge in [-0.2, -0.15) is 0 Å². The lowest BCUT2D eigenvalue weighted by Crippen LogP contribution is -2.20. The summed E-state index contributed by atoms with van der Waals surface area (Å²) in [6.07, 6.45) is 2.68. The fraction of sp³-hybridized carbons (Fsp3) is 0.500. The molecule has 1 amide bonds. The summed E-state index contributed by atoms with van der Waals surface area (Å²) in [5.41, 5.74) is 1.36. The summed E-state index contributed by atoms with van der Waals surface area (Å²) in [4.78, 5) is 15.4. The zero-order chi connectivity index (χ0) is 12.5. The van der Waals surface area contributed by atoms with Gasteiger partial charge < -0.3 is 16.0 Å². The number of rotatable bonds is 7. The van der Waals surface area contributed by atoms with Crippen LogP contribution in [0, 0.1) is 0 Å². The third-order valence-corrected chi connectivity index (χ3v) is 2.33. The van der Waals surface area contributed by atoms with Crippen LogP contribution in [0.5, 0.6) is 0 Å². The highest BCUT2D eigenvalue weighted by Gasteiger charge is 2.04. The summed E-state index contributed by atoms with van der Waals surface area (Å²) < 4.78 is 0. The van der Waals surface area contributed by atoms with Crippen molar-refractivity contribution < 1.29 is 4.79 Å². The smallest absolute Gasteiger partial charge is 0.269 e. The number of carbonyl (C=O) groups is 1. The van der Waals surface area contributed by atoms with E-state index in [0.717, 1.165) is 31.7 Å². The van der Waals surface area contributed by atoms with Crippen molar-refractivity contribution in [3.8, 4) is 0 Å². The number of hydrogen-bond acceptors (Lipinski definition) is 4. The molecule has 0 aromatic carbocycles. The van der Waals surface area contributed by atoms with Crippen molar-refractivity contribution in [2.75, 3.05) is 32.0 Å². The van der Waals surface area contributed by atoms with E-state index in [4.69, 9.17) is 0 Å². The number of amides is 1. The van der Waals surface area contributed by atoms with E-state index in [1.54, 1.807) is 19.3 Å². The van der Waals surface area contributed by atoms with Gasteiger partial charge in [0.1, 0.15) is 5.69 Å². The second-order valence-corrected chi connectivity index (χ2v) is 3.64. The lowest BCUT2D eigenvalue weighted by Gasteiger charge is -2.07. The first-order valence-corrected chi connectivity index (χ1v) is 5.90. The van der Waals surface area contributed by atoms with Crippen LogP contribution in [0.15, 0.2) is 18.3 Å². The molecule has 0 radical (unpaired) electrons. The van der Waals surface area contributed by atoms with E-state index in [9.17, 15) is 4.79 Å². The van der Waals surface area contributed by atoms with Gasteiger partial charge in [0.25, 0.3) is 5.91 Å². The number of hydrogen-bond donors (Lipinski definition) is 3. The summed E-state index contributed by atoms with van der Waals surface area (Å²) >= 11 is 0. The average molecular weight is 236 g/mol. The molecule has 0 saturated carbocycles. The lowest BCUT2D eigenvalue weighted by molar-refractivity contribution is 0.0958. The van der Waals surface area contributed by atoms with Crippen molar-refractivity contribution in [2.45, 2.75) is 13.3 Å². The van der Waals surface area contributed by atoms with E-state index in [0.29, 0.717) is 5.69 Å². The number of nitrogens with one attached hydrogen (secondary N) is 3. The Hall–Kier alpha value is -1.62. The number of pyridine rings is 1. The Kier molecular flexibility index (Phi) is 6.03. The Labute approximate surface area is 102 Å². The van der Waals surface area contributed by atoms with Crippen molar-refractivity contribution in [3.05, 3.63) is 24.0 Å². The minimum Gasteiger partial charge on any atom is -0.385 e. The number of aromatic nitrogens is 1. The highest BCUT2D eigenvalue weighted by atomic mass is 16.1. The van der Waals surface area contributed by atoms with Crippen LogP contribution in [0.1, 0.15) is 23.8 Å². The van der Waals surface area contributed by atoms with Crippen LogP contribution in [0.25, 0.3) is 0 Å². The van der Waals surface area contributed by atoms with E-state index < -0.39 is 0 Å². The van der Waals surface area contributed by atoms with Crippen molar-refractivity contribution in [1.82, 2.24) is 15.6 Å². The van der Waals surface area contributed by atoms with Crippen LogP contribution in [0.2, 0.25) is 0 Å². The first-order chi connectivity index (χ1) is 8.27. The molecule has 0 bridgehead atoms. The van der Waals surface area contributed by atoms with Crippen LogP contribution < -0.4 is 16.0 Å². The minimum absolute atomic E-state index is 0.165. The third kappa shape index (κ3) is 4.82. The van der Waals surface area contributed by atoms with E-state index >= 15 is 0 Å².